The second kappa shape index (κ2) is 4.40. The van der Waals surface area contributed by atoms with Gasteiger partial charge in [-0.1, -0.05) is 11.6 Å². The van der Waals surface area contributed by atoms with E-state index >= 15 is 0 Å². The molecule has 2 N–H and O–H groups in total. The van der Waals surface area contributed by atoms with Crippen molar-refractivity contribution in [2.24, 2.45) is 0 Å². The summed E-state index contributed by atoms with van der Waals surface area (Å²) in [6.07, 6.45) is 2.57. The standard InChI is InChI=1S/C8H11ClN2O/c1-10-5-8(12)6-2-3-11-4-7(6)9/h2-4,8,10,12H,5H2,1H3. The van der Waals surface area contributed by atoms with Gasteiger partial charge in [-0.25, -0.2) is 0 Å². The Kier molecular flexibility index (Phi) is 3.47. The number of hydrogen-bond acceptors (Lipinski definition) is 3. The van der Waals surface area contributed by atoms with Gasteiger partial charge in [0, 0.05) is 24.5 Å². The first kappa shape index (κ1) is 9.45. The van der Waals surface area contributed by atoms with Crippen LogP contribution in [0, 0.1) is 0 Å². The minimum atomic E-state index is -0.564. The molecule has 0 bridgehead atoms. The van der Waals surface area contributed by atoms with Crippen molar-refractivity contribution in [1.29, 1.82) is 0 Å². The predicted molar refractivity (Wildman–Crippen MR) is 48.1 cm³/mol. The van der Waals surface area contributed by atoms with E-state index in [-0.39, 0.29) is 0 Å². The van der Waals surface area contributed by atoms with Crippen molar-refractivity contribution >= 4 is 11.6 Å². The van der Waals surface area contributed by atoms with Crippen molar-refractivity contribution in [2.45, 2.75) is 6.10 Å². The fourth-order valence-corrected chi connectivity index (χ4v) is 1.20. The number of halogens is 1. The summed E-state index contributed by atoms with van der Waals surface area (Å²) in [6.45, 7) is 0.490. The van der Waals surface area contributed by atoms with Crippen molar-refractivity contribution in [2.75, 3.05) is 13.6 Å². The van der Waals surface area contributed by atoms with E-state index in [0.717, 1.165) is 0 Å². The summed E-state index contributed by atoms with van der Waals surface area (Å²) in [5.41, 5.74) is 0.709. The average molecular weight is 187 g/mol. The highest BCUT2D eigenvalue weighted by atomic mass is 35.5. The molecule has 1 aromatic heterocycles. The molecule has 1 aromatic rings. The monoisotopic (exact) mass is 186 g/mol. The molecule has 0 saturated carbocycles. The Hall–Kier alpha value is -0.640. The summed E-state index contributed by atoms with van der Waals surface area (Å²) in [7, 11) is 1.78. The Morgan fingerprint density at radius 3 is 3.08 bits per heavy atom. The number of aromatic nitrogens is 1. The van der Waals surface area contributed by atoms with Gasteiger partial charge in [0.05, 0.1) is 11.1 Å². The molecular weight excluding hydrogens is 176 g/mol. The predicted octanol–water partition coefficient (Wildman–Crippen LogP) is 0.988. The number of rotatable bonds is 3. The zero-order chi connectivity index (χ0) is 8.97. The summed E-state index contributed by atoms with van der Waals surface area (Å²) in [5.74, 6) is 0. The first-order chi connectivity index (χ1) is 5.75. The molecule has 0 aliphatic carbocycles. The van der Waals surface area contributed by atoms with Gasteiger partial charge in [0.1, 0.15) is 0 Å². The number of hydrogen-bond donors (Lipinski definition) is 2. The van der Waals surface area contributed by atoms with Crippen LogP contribution in [0.5, 0.6) is 0 Å². The topological polar surface area (TPSA) is 45.1 Å². The third kappa shape index (κ3) is 2.17. The lowest BCUT2D eigenvalue weighted by Gasteiger charge is -2.10. The summed E-state index contributed by atoms with van der Waals surface area (Å²) in [4.78, 5) is 3.82. The Labute approximate surface area is 76.4 Å². The quantitative estimate of drug-likeness (QED) is 0.740. The zero-order valence-electron chi connectivity index (χ0n) is 6.79. The lowest BCUT2D eigenvalue weighted by molar-refractivity contribution is 0.178. The first-order valence-corrected chi connectivity index (χ1v) is 4.05. The van der Waals surface area contributed by atoms with Crippen LogP contribution in [0.1, 0.15) is 11.7 Å². The van der Waals surface area contributed by atoms with E-state index in [1.54, 1.807) is 19.3 Å². The van der Waals surface area contributed by atoms with Crippen LogP contribution in [-0.2, 0) is 0 Å². The van der Waals surface area contributed by atoms with Gasteiger partial charge < -0.3 is 10.4 Å². The molecular formula is C8H11ClN2O. The molecule has 3 nitrogen and oxygen atoms in total. The van der Waals surface area contributed by atoms with Gasteiger partial charge in [-0.3, -0.25) is 4.98 Å². The molecule has 1 heterocycles. The lowest BCUT2D eigenvalue weighted by atomic mass is 10.1. The molecule has 0 aliphatic heterocycles. The van der Waals surface area contributed by atoms with Crippen LogP contribution in [-0.4, -0.2) is 23.7 Å². The first-order valence-electron chi connectivity index (χ1n) is 3.67. The van der Waals surface area contributed by atoms with Gasteiger partial charge in [-0.2, -0.15) is 0 Å². The summed E-state index contributed by atoms with van der Waals surface area (Å²) < 4.78 is 0. The van der Waals surface area contributed by atoms with Gasteiger partial charge in [-0.15, -0.1) is 0 Å². The molecule has 4 heteroatoms. The van der Waals surface area contributed by atoms with Crippen LogP contribution in [0.25, 0.3) is 0 Å². The molecule has 1 unspecified atom stereocenters. The van der Waals surface area contributed by atoms with Crippen LogP contribution >= 0.6 is 11.6 Å². The van der Waals surface area contributed by atoms with Gasteiger partial charge in [-0.05, 0) is 13.1 Å². The fourth-order valence-electron chi connectivity index (χ4n) is 0.959. The second-order valence-electron chi connectivity index (χ2n) is 2.47. The van der Waals surface area contributed by atoms with Gasteiger partial charge in [0.2, 0.25) is 0 Å². The van der Waals surface area contributed by atoms with Crippen LogP contribution < -0.4 is 5.32 Å². The summed E-state index contributed by atoms with van der Waals surface area (Å²) in [6, 6.07) is 1.71. The second-order valence-corrected chi connectivity index (χ2v) is 2.88. The van der Waals surface area contributed by atoms with Crippen molar-refractivity contribution < 1.29 is 5.11 Å². The van der Waals surface area contributed by atoms with Gasteiger partial charge >= 0.3 is 0 Å². The Bertz CT molecular complexity index is 255. The highest BCUT2D eigenvalue weighted by molar-refractivity contribution is 6.31. The minimum Gasteiger partial charge on any atom is -0.387 e. The molecule has 1 rings (SSSR count). The van der Waals surface area contributed by atoms with Crippen LogP contribution in [0.15, 0.2) is 18.5 Å². The molecule has 66 valence electrons. The van der Waals surface area contributed by atoms with Crippen LogP contribution in [0.3, 0.4) is 0 Å². The van der Waals surface area contributed by atoms with E-state index in [2.05, 4.69) is 10.3 Å². The number of nitrogens with zero attached hydrogens (tertiary/aromatic N) is 1. The normalized spacial score (nSPS) is 12.9. The maximum atomic E-state index is 9.53. The number of aliphatic hydroxyl groups excluding tert-OH is 1. The minimum absolute atomic E-state index is 0.490. The van der Waals surface area contributed by atoms with E-state index in [1.807, 2.05) is 0 Å². The Balaban J connectivity index is 2.79. The number of aliphatic hydroxyl groups is 1. The van der Waals surface area contributed by atoms with Crippen molar-refractivity contribution in [3.8, 4) is 0 Å². The third-order valence-corrected chi connectivity index (χ3v) is 1.88. The fraction of sp³-hybridized carbons (Fsp3) is 0.375. The molecule has 0 aromatic carbocycles. The SMILES string of the molecule is CNCC(O)c1ccncc1Cl. The molecule has 0 amide bonds. The van der Waals surface area contributed by atoms with Crippen molar-refractivity contribution in [3.63, 3.8) is 0 Å². The highest BCUT2D eigenvalue weighted by Gasteiger charge is 2.09. The van der Waals surface area contributed by atoms with Crippen LogP contribution in [0.4, 0.5) is 0 Å². The smallest absolute Gasteiger partial charge is 0.0929 e. The van der Waals surface area contributed by atoms with Crippen LogP contribution in [0.2, 0.25) is 5.02 Å². The number of pyridine rings is 1. The van der Waals surface area contributed by atoms with Crippen molar-refractivity contribution in [1.82, 2.24) is 10.3 Å². The maximum Gasteiger partial charge on any atom is 0.0929 e. The Morgan fingerprint density at radius 2 is 2.50 bits per heavy atom. The summed E-state index contributed by atoms with van der Waals surface area (Å²) in [5, 5.41) is 12.9. The van der Waals surface area contributed by atoms with E-state index in [9.17, 15) is 5.11 Å². The number of likely N-dealkylation sites (N-methyl/N-ethyl adjacent to an activating group) is 1. The van der Waals surface area contributed by atoms with Gasteiger partial charge in [0.25, 0.3) is 0 Å². The zero-order valence-corrected chi connectivity index (χ0v) is 7.54. The van der Waals surface area contributed by atoms with Crippen molar-refractivity contribution in [3.05, 3.63) is 29.0 Å². The maximum absolute atomic E-state index is 9.53. The molecule has 0 aliphatic rings. The van der Waals surface area contributed by atoms with E-state index in [0.29, 0.717) is 17.1 Å². The average Bonchev–Trinajstić information content (AvgIpc) is 2.05. The van der Waals surface area contributed by atoms with E-state index < -0.39 is 6.10 Å². The van der Waals surface area contributed by atoms with E-state index in [1.165, 1.54) is 6.20 Å². The molecule has 0 radical (unpaired) electrons. The largest absolute Gasteiger partial charge is 0.387 e. The molecule has 12 heavy (non-hydrogen) atoms. The Morgan fingerprint density at radius 1 is 1.75 bits per heavy atom. The molecule has 0 spiro atoms. The van der Waals surface area contributed by atoms with Gasteiger partial charge in [0.15, 0.2) is 0 Å². The molecule has 0 fully saturated rings. The highest BCUT2D eigenvalue weighted by Crippen LogP contribution is 2.20. The summed E-state index contributed by atoms with van der Waals surface area (Å²) >= 11 is 5.80. The lowest BCUT2D eigenvalue weighted by Crippen LogP contribution is -2.16. The van der Waals surface area contributed by atoms with E-state index in [4.69, 9.17) is 11.6 Å². The molecule has 0 saturated heterocycles. The molecule has 1 atom stereocenters. The third-order valence-electron chi connectivity index (χ3n) is 1.56. The number of nitrogens with one attached hydrogen (secondary N) is 1.